The molecule has 1 aliphatic rings. The molecule has 0 saturated carbocycles. The van der Waals surface area contributed by atoms with Crippen LogP contribution in [0.15, 0.2) is 58.7 Å². The smallest absolute Gasteiger partial charge is 0.0196 e. The van der Waals surface area contributed by atoms with Crippen molar-refractivity contribution in [3.05, 3.63) is 58.7 Å². The summed E-state index contributed by atoms with van der Waals surface area (Å²) in [5.41, 5.74) is 7.22. The summed E-state index contributed by atoms with van der Waals surface area (Å²) in [6.45, 7) is 12.7. The zero-order valence-corrected chi connectivity index (χ0v) is 12.3. The monoisotopic (exact) mass is 242 g/mol. The van der Waals surface area contributed by atoms with E-state index in [1.54, 1.807) is 5.57 Å². The van der Waals surface area contributed by atoms with Crippen LogP contribution in [-0.2, 0) is 0 Å². The van der Waals surface area contributed by atoms with E-state index in [-0.39, 0.29) is 0 Å². The number of hydrogen-bond donors (Lipinski definition) is 0. The average Bonchev–Trinajstić information content (AvgIpc) is 2.38. The summed E-state index contributed by atoms with van der Waals surface area (Å²) < 4.78 is 0. The van der Waals surface area contributed by atoms with Crippen LogP contribution < -0.4 is 0 Å². The summed E-state index contributed by atoms with van der Waals surface area (Å²) in [6.07, 6.45) is 13.4. The molecule has 0 bridgehead atoms. The van der Waals surface area contributed by atoms with Gasteiger partial charge in [-0.3, -0.25) is 0 Å². The van der Waals surface area contributed by atoms with Gasteiger partial charge in [-0.1, -0.05) is 49.8 Å². The summed E-state index contributed by atoms with van der Waals surface area (Å²) >= 11 is 0. The summed E-state index contributed by atoms with van der Waals surface area (Å²) in [5, 5.41) is 0. The maximum atomic E-state index is 3.92. The molecule has 0 aromatic heterocycles. The highest BCUT2D eigenvalue weighted by Crippen LogP contribution is 2.34. The Morgan fingerprint density at radius 2 is 2.17 bits per heavy atom. The minimum Gasteiger partial charge on any atom is -0.0988 e. The molecule has 0 aromatic carbocycles. The van der Waals surface area contributed by atoms with Crippen LogP contribution in [0.1, 0.15) is 53.4 Å². The standard InChI is InChI=1S/C18H26/c1-6-10-16(14(4)8-3)18-13-9-12-15(5)17(18)11-7-2/h6,8,10,12H,3,7,9,11,13H2,1-2,4-5H3/b10-6-,16-14+. The topological polar surface area (TPSA) is 0 Å². The molecule has 0 fully saturated rings. The minimum absolute atomic E-state index is 1.16. The van der Waals surface area contributed by atoms with Gasteiger partial charge in [0.15, 0.2) is 0 Å². The van der Waals surface area contributed by atoms with Gasteiger partial charge in [0.05, 0.1) is 0 Å². The normalized spacial score (nSPS) is 17.9. The van der Waals surface area contributed by atoms with E-state index in [4.69, 9.17) is 0 Å². The van der Waals surface area contributed by atoms with Crippen molar-refractivity contribution >= 4 is 0 Å². The predicted octanol–water partition coefficient (Wildman–Crippen LogP) is 5.90. The fraction of sp³-hybridized carbons (Fsp3) is 0.444. The van der Waals surface area contributed by atoms with Gasteiger partial charge in [0.25, 0.3) is 0 Å². The molecular weight excluding hydrogens is 216 g/mol. The summed E-state index contributed by atoms with van der Waals surface area (Å²) in [5.74, 6) is 0. The van der Waals surface area contributed by atoms with Crippen molar-refractivity contribution in [1.29, 1.82) is 0 Å². The molecule has 0 atom stereocenters. The number of allylic oxidation sites excluding steroid dienone is 9. The third kappa shape index (κ3) is 3.35. The van der Waals surface area contributed by atoms with Gasteiger partial charge in [-0.25, -0.2) is 0 Å². The van der Waals surface area contributed by atoms with Crippen molar-refractivity contribution in [2.75, 3.05) is 0 Å². The highest BCUT2D eigenvalue weighted by atomic mass is 14.2. The van der Waals surface area contributed by atoms with Gasteiger partial charge >= 0.3 is 0 Å². The first-order valence-electron chi connectivity index (χ1n) is 7.01. The van der Waals surface area contributed by atoms with Gasteiger partial charge in [-0.15, -0.1) is 0 Å². The van der Waals surface area contributed by atoms with E-state index < -0.39 is 0 Å². The van der Waals surface area contributed by atoms with Gasteiger partial charge in [-0.2, -0.15) is 0 Å². The molecule has 1 rings (SSSR count). The van der Waals surface area contributed by atoms with Crippen LogP contribution in [0.4, 0.5) is 0 Å². The summed E-state index contributed by atoms with van der Waals surface area (Å²) in [4.78, 5) is 0. The summed E-state index contributed by atoms with van der Waals surface area (Å²) in [7, 11) is 0. The van der Waals surface area contributed by atoms with E-state index in [0.717, 1.165) is 6.42 Å². The lowest BCUT2D eigenvalue weighted by atomic mass is 9.83. The Kier molecular flexibility index (Phi) is 5.91. The number of rotatable bonds is 5. The Morgan fingerprint density at radius 1 is 1.44 bits per heavy atom. The Hall–Kier alpha value is -1.30. The molecule has 0 unspecified atom stereocenters. The van der Waals surface area contributed by atoms with Crippen LogP contribution in [0.2, 0.25) is 0 Å². The van der Waals surface area contributed by atoms with E-state index in [2.05, 4.69) is 52.5 Å². The molecule has 0 amide bonds. The van der Waals surface area contributed by atoms with Gasteiger partial charge in [0.2, 0.25) is 0 Å². The molecule has 0 heteroatoms. The molecule has 18 heavy (non-hydrogen) atoms. The second-order valence-corrected chi connectivity index (χ2v) is 4.93. The van der Waals surface area contributed by atoms with Gasteiger partial charge in [0.1, 0.15) is 0 Å². The Morgan fingerprint density at radius 3 is 2.72 bits per heavy atom. The highest BCUT2D eigenvalue weighted by Gasteiger charge is 2.15. The van der Waals surface area contributed by atoms with Crippen molar-refractivity contribution in [2.24, 2.45) is 0 Å². The van der Waals surface area contributed by atoms with Crippen molar-refractivity contribution < 1.29 is 0 Å². The maximum absolute atomic E-state index is 3.92. The predicted molar refractivity (Wildman–Crippen MR) is 82.6 cm³/mol. The van der Waals surface area contributed by atoms with Crippen LogP contribution in [0.5, 0.6) is 0 Å². The van der Waals surface area contributed by atoms with Crippen molar-refractivity contribution in [1.82, 2.24) is 0 Å². The lowest BCUT2D eigenvalue weighted by Crippen LogP contribution is -2.03. The third-order valence-corrected chi connectivity index (χ3v) is 3.57. The average molecular weight is 242 g/mol. The zero-order chi connectivity index (χ0) is 13.5. The second-order valence-electron chi connectivity index (χ2n) is 4.93. The molecule has 98 valence electrons. The second kappa shape index (κ2) is 7.20. The van der Waals surface area contributed by atoms with E-state index in [1.165, 1.54) is 41.6 Å². The van der Waals surface area contributed by atoms with Crippen molar-refractivity contribution in [3.8, 4) is 0 Å². The fourth-order valence-corrected chi connectivity index (χ4v) is 2.59. The molecule has 0 saturated heterocycles. The Bertz CT molecular complexity index is 425. The molecule has 0 N–H and O–H groups in total. The lowest BCUT2D eigenvalue weighted by Gasteiger charge is -2.22. The van der Waals surface area contributed by atoms with Crippen LogP contribution in [0, 0.1) is 0 Å². The Balaban J connectivity index is 3.35. The van der Waals surface area contributed by atoms with Gasteiger partial charge < -0.3 is 0 Å². The molecule has 0 aromatic rings. The molecule has 0 heterocycles. The minimum atomic E-state index is 1.16. The lowest BCUT2D eigenvalue weighted by molar-refractivity contribution is 0.844. The van der Waals surface area contributed by atoms with Crippen LogP contribution in [0.25, 0.3) is 0 Å². The first kappa shape index (κ1) is 14.8. The molecule has 1 aliphatic carbocycles. The molecule has 0 spiro atoms. The zero-order valence-electron chi connectivity index (χ0n) is 12.3. The largest absolute Gasteiger partial charge is 0.0988 e. The first-order chi connectivity index (χ1) is 8.65. The van der Waals surface area contributed by atoms with E-state index in [0.29, 0.717) is 0 Å². The van der Waals surface area contributed by atoms with Gasteiger partial charge in [-0.05, 0) is 62.3 Å². The van der Waals surface area contributed by atoms with E-state index in [9.17, 15) is 0 Å². The van der Waals surface area contributed by atoms with Crippen LogP contribution >= 0.6 is 0 Å². The maximum Gasteiger partial charge on any atom is -0.0196 e. The van der Waals surface area contributed by atoms with Crippen molar-refractivity contribution in [2.45, 2.75) is 53.4 Å². The molecule has 0 nitrogen and oxygen atoms in total. The van der Waals surface area contributed by atoms with Crippen LogP contribution in [-0.4, -0.2) is 0 Å². The van der Waals surface area contributed by atoms with E-state index in [1.807, 2.05) is 6.08 Å². The Labute approximate surface area is 112 Å². The number of hydrogen-bond acceptors (Lipinski definition) is 0. The summed E-state index contributed by atoms with van der Waals surface area (Å²) in [6, 6.07) is 0. The van der Waals surface area contributed by atoms with Gasteiger partial charge in [0, 0.05) is 0 Å². The highest BCUT2D eigenvalue weighted by molar-refractivity contribution is 5.53. The molecule has 0 aliphatic heterocycles. The van der Waals surface area contributed by atoms with E-state index >= 15 is 0 Å². The quantitative estimate of drug-likeness (QED) is 0.526. The molecular formula is C18H26. The fourth-order valence-electron chi connectivity index (χ4n) is 2.59. The molecule has 0 radical (unpaired) electrons. The van der Waals surface area contributed by atoms with Crippen molar-refractivity contribution in [3.63, 3.8) is 0 Å². The SMILES string of the molecule is C=C/C(C)=C(\C=C/C)C1=C(CCC)C(C)=CCC1. The first-order valence-corrected chi connectivity index (χ1v) is 7.01. The third-order valence-electron chi connectivity index (χ3n) is 3.57. The van der Waals surface area contributed by atoms with Crippen LogP contribution in [0.3, 0.4) is 0 Å².